The fraction of sp³-hybridized carbons (Fsp3) is 0.500. The average molecular weight is 153 g/mol. The molecule has 0 atom stereocenters. The Bertz CT molecular complexity index is 263. The first kappa shape index (κ1) is 7.69. The molecule has 0 spiro atoms. The van der Waals surface area contributed by atoms with Gasteiger partial charge in [0.05, 0.1) is 6.07 Å². The zero-order chi connectivity index (χ0) is 8.10. The van der Waals surface area contributed by atoms with E-state index in [1.165, 1.54) is 0 Å². The molecular formula is C6H7N3O2. The summed E-state index contributed by atoms with van der Waals surface area (Å²) in [6, 6.07) is 1.90. The van der Waals surface area contributed by atoms with Gasteiger partial charge in [-0.2, -0.15) is 10.2 Å². The van der Waals surface area contributed by atoms with E-state index < -0.39 is 0 Å². The third-order valence-electron chi connectivity index (χ3n) is 1.01. The van der Waals surface area contributed by atoms with E-state index in [2.05, 4.69) is 10.1 Å². The van der Waals surface area contributed by atoms with E-state index in [9.17, 15) is 0 Å². The van der Waals surface area contributed by atoms with Gasteiger partial charge in [-0.25, -0.2) is 0 Å². The molecule has 58 valence electrons. The molecule has 0 radical (unpaired) electrons. The molecule has 5 heteroatoms. The van der Waals surface area contributed by atoms with Crippen molar-refractivity contribution in [1.29, 1.82) is 5.26 Å². The van der Waals surface area contributed by atoms with Gasteiger partial charge in [0.25, 0.3) is 0 Å². The van der Waals surface area contributed by atoms with Crippen LogP contribution in [0.3, 0.4) is 0 Å². The van der Waals surface area contributed by atoms with Gasteiger partial charge in [0.2, 0.25) is 5.89 Å². The van der Waals surface area contributed by atoms with Crippen molar-refractivity contribution in [3.63, 3.8) is 0 Å². The van der Waals surface area contributed by atoms with Crippen LogP contribution < -0.4 is 0 Å². The summed E-state index contributed by atoms with van der Waals surface area (Å²) < 4.78 is 9.45. The van der Waals surface area contributed by atoms with E-state index in [0.29, 0.717) is 18.3 Å². The number of ether oxygens (including phenoxy) is 1. The molecular weight excluding hydrogens is 146 g/mol. The van der Waals surface area contributed by atoms with Gasteiger partial charge in [-0.3, -0.25) is 0 Å². The van der Waals surface area contributed by atoms with Gasteiger partial charge in [0, 0.05) is 7.11 Å². The average Bonchev–Trinajstić information content (AvgIpc) is 2.38. The second-order valence-corrected chi connectivity index (χ2v) is 1.87. The minimum Gasteiger partial charge on any atom is -0.377 e. The van der Waals surface area contributed by atoms with Crippen LogP contribution >= 0.6 is 0 Å². The molecule has 0 N–H and O–H groups in total. The van der Waals surface area contributed by atoms with Crippen molar-refractivity contribution < 1.29 is 9.26 Å². The minimum atomic E-state index is 0.150. The van der Waals surface area contributed by atoms with Gasteiger partial charge < -0.3 is 9.26 Å². The van der Waals surface area contributed by atoms with Crippen LogP contribution in [0.25, 0.3) is 0 Å². The number of aromatic nitrogens is 2. The summed E-state index contributed by atoms with van der Waals surface area (Å²) in [4.78, 5) is 3.86. The Labute approximate surface area is 63.6 Å². The molecule has 0 fully saturated rings. The summed E-state index contributed by atoms with van der Waals surface area (Å²) in [6.45, 7) is 0.314. The van der Waals surface area contributed by atoms with Crippen molar-refractivity contribution in [2.24, 2.45) is 0 Å². The molecule has 0 saturated heterocycles. The zero-order valence-corrected chi connectivity index (χ0v) is 6.07. The summed E-state index contributed by atoms with van der Waals surface area (Å²) in [6.07, 6.45) is 0.150. The highest BCUT2D eigenvalue weighted by Crippen LogP contribution is 1.97. The lowest BCUT2D eigenvalue weighted by molar-refractivity contribution is 0.174. The number of hydrogen-bond donors (Lipinski definition) is 0. The van der Waals surface area contributed by atoms with Crippen LogP contribution in [0, 0.1) is 11.3 Å². The first-order valence-corrected chi connectivity index (χ1v) is 3.04. The van der Waals surface area contributed by atoms with Crippen LogP contribution in [0.2, 0.25) is 0 Å². The van der Waals surface area contributed by atoms with Crippen LogP contribution in [-0.4, -0.2) is 17.3 Å². The molecule has 1 aromatic heterocycles. The fourth-order valence-corrected chi connectivity index (χ4v) is 0.617. The van der Waals surface area contributed by atoms with Crippen molar-refractivity contribution in [3.8, 4) is 6.07 Å². The normalized spacial score (nSPS) is 9.45. The molecule has 0 bridgehead atoms. The van der Waals surface area contributed by atoms with Gasteiger partial charge in [-0.15, -0.1) is 0 Å². The molecule has 1 heterocycles. The third kappa shape index (κ3) is 2.02. The Morgan fingerprint density at radius 1 is 1.73 bits per heavy atom. The molecule has 1 aromatic rings. The van der Waals surface area contributed by atoms with Gasteiger partial charge in [0.1, 0.15) is 13.0 Å². The van der Waals surface area contributed by atoms with E-state index in [0.717, 1.165) is 0 Å². The molecule has 0 amide bonds. The lowest BCUT2D eigenvalue weighted by Gasteiger charge is -1.85. The monoisotopic (exact) mass is 153 g/mol. The smallest absolute Gasteiger partial charge is 0.240 e. The van der Waals surface area contributed by atoms with E-state index in [-0.39, 0.29) is 6.42 Å². The highest BCUT2D eigenvalue weighted by atomic mass is 16.5. The maximum absolute atomic E-state index is 8.25. The van der Waals surface area contributed by atoms with E-state index in [1.807, 2.05) is 6.07 Å². The predicted octanol–water partition coefficient (Wildman–Crippen LogP) is 0.282. The van der Waals surface area contributed by atoms with Gasteiger partial charge >= 0.3 is 0 Å². The second-order valence-electron chi connectivity index (χ2n) is 1.87. The van der Waals surface area contributed by atoms with E-state index >= 15 is 0 Å². The Morgan fingerprint density at radius 3 is 3.18 bits per heavy atom. The van der Waals surface area contributed by atoms with Crippen LogP contribution in [0.1, 0.15) is 11.7 Å². The number of rotatable bonds is 3. The standard InChI is InChI=1S/C6H7N3O2/c1-10-4-5-8-6(2-3-7)11-9-5/h2,4H2,1H3. The summed E-state index contributed by atoms with van der Waals surface area (Å²) in [7, 11) is 1.54. The maximum atomic E-state index is 8.25. The van der Waals surface area contributed by atoms with Crippen LogP contribution in [0.4, 0.5) is 0 Å². The number of hydrogen-bond acceptors (Lipinski definition) is 5. The fourth-order valence-electron chi connectivity index (χ4n) is 0.617. The topological polar surface area (TPSA) is 71.9 Å². The Hall–Kier alpha value is -1.41. The molecule has 5 nitrogen and oxygen atoms in total. The summed E-state index contributed by atoms with van der Waals surface area (Å²) in [5.74, 6) is 0.803. The van der Waals surface area contributed by atoms with Crippen molar-refractivity contribution >= 4 is 0 Å². The molecule has 0 saturated carbocycles. The first-order chi connectivity index (χ1) is 5.36. The highest BCUT2D eigenvalue weighted by molar-refractivity contribution is 4.91. The van der Waals surface area contributed by atoms with Gasteiger partial charge in [-0.1, -0.05) is 5.16 Å². The van der Waals surface area contributed by atoms with Crippen molar-refractivity contribution in [3.05, 3.63) is 11.7 Å². The van der Waals surface area contributed by atoms with Crippen molar-refractivity contribution in [2.45, 2.75) is 13.0 Å². The molecule has 0 aliphatic heterocycles. The second kappa shape index (κ2) is 3.68. The molecule has 0 aliphatic carbocycles. The lowest BCUT2D eigenvalue weighted by Crippen LogP contribution is -1.90. The Morgan fingerprint density at radius 2 is 2.55 bits per heavy atom. The van der Waals surface area contributed by atoms with E-state index in [4.69, 9.17) is 14.5 Å². The SMILES string of the molecule is COCc1noc(CC#N)n1. The predicted molar refractivity (Wildman–Crippen MR) is 34.3 cm³/mol. The summed E-state index contributed by atoms with van der Waals surface area (Å²) >= 11 is 0. The quantitative estimate of drug-likeness (QED) is 0.623. The molecule has 11 heavy (non-hydrogen) atoms. The Balaban J connectivity index is 2.60. The molecule has 0 unspecified atom stereocenters. The van der Waals surface area contributed by atoms with Crippen molar-refractivity contribution in [2.75, 3.05) is 7.11 Å². The van der Waals surface area contributed by atoms with E-state index in [1.54, 1.807) is 7.11 Å². The van der Waals surface area contributed by atoms with Gasteiger partial charge in [0.15, 0.2) is 5.82 Å². The highest BCUT2D eigenvalue weighted by Gasteiger charge is 2.03. The molecule has 0 aromatic carbocycles. The number of nitrogens with zero attached hydrogens (tertiary/aromatic N) is 3. The molecule has 0 aliphatic rings. The zero-order valence-electron chi connectivity index (χ0n) is 6.07. The minimum absolute atomic E-state index is 0.150. The molecule has 1 rings (SSSR count). The summed E-state index contributed by atoms with van der Waals surface area (Å²) in [5, 5.41) is 11.8. The Kier molecular flexibility index (Phi) is 2.58. The summed E-state index contributed by atoms with van der Waals surface area (Å²) in [5.41, 5.74) is 0. The van der Waals surface area contributed by atoms with Crippen molar-refractivity contribution in [1.82, 2.24) is 10.1 Å². The largest absolute Gasteiger partial charge is 0.377 e. The van der Waals surface area contributed by atoms with Crippen LogP contribution in [0.5, 0.6) is 0 Å². The maximum Gasteiger partial charge on any atom is 0.240 e. The first-order valence-electron chi connectivity index (χ1n) is 3.04. The number of methoxy groups -OCH3 is 1. The number of nitriles is 1. The third-order valence-corrected chi connectivity index (χ3v) is 1.01. The van der Waals surface area contributed by atoms with Crippen LogP contribution in [-0.2, 0) is 17.8 Å². The van der Waals surface area contributed by atoms with Gasteiger partial charge in [-0.05, 0) is 0 Å². The lowest BCUT2D eigenvalue weighted by atomic mass is 10.5. The van der Waals surface area contributed by atoms with Crippen LogP contribution in [0.15, 0.2) is 4.52 Å².